The fourth-order valence-electron chi connectivity index (χ4n) is 1.47. The number of hydrogen-bond acceptors (Lipinski definition) is 2. The largest absolute Gasteiger partial charge is 0.446 e. The maximum atomic E-state index is 11.4. The van der Waals surface area contributed by atoms with Crippen LogP contribution in [0.2, 0.25) is 5.02 Å². The zero-order valence-corrected chi connectivity index (χ0v) is 11.1. The lowest BCUT2D eigenvalue weighted by Gasteiger charge is -2.16. The van der Waals surface area contributed by atoms with E-state index in [2.05, 4.69) is 5.32 Å². The maximum Gasteiger partial charge on any atom is 0.407 e. The maximum absolute atomic E-state index is 11.4. The van der Waals surface area contributed by atoms with Crippen LogP contribution in [0.3, 0.4) is 0 Å². The molecule has 1 N–H and O–H groups in total. The monoisotopic (exact) mass is 255 g/mol. The lowest BCUT2D eigenvalue weighted by molar-refractivity contribution is 0.105. The van der Waals surface area contributed by atoms with Crippen LogP contribution in [0, 0.1) is 0 Å². The SMILES string of the molecule is CC(C)NC(=O)OC(C)Cc1ccccc1Cl. The number of alkyl carbamates (subject to hydrolysis) is 1. The summed E-state index contributed by atoms with van der Waals surface area (Å²) in [5.74, 6) is 0. The molecule has 0 spiro atoms. The molecule has 94 valence electrons. The van der Waals surface area contributed by atoms with Crippen LogP contribution in [0.15, 0.2) is 24.3 Å². The van der Waals surface area contributed by atoms with E-state index in [-0.39, 0.29) is 18.2 Å². The summed E-state index contributed by atoms with van der Waals surface area (Å²) in [5, 5.41) is 3.38. The predicted molar refractivity (Wildman–Crippen MR) is 69.4 cm³/mol. The molecule has 1 atom stereocenters. The van der Waals surface area contributed by atoms with Gasteiger partial charge in [-0.2, -0.15) is 0 Å². The fourth-order valence-corrected chi connectivity index (χ4v) is 1.68. The number of ether oxygens (including phenoxy) is 1. The van der Waals surface area contributed by atoms with Gasteiger partial charge >= 0.3 is 6.09 Å². The van der Waals surface area contributed by atoms with Gasteiger partial charge in [-0.1, -0.05) is 29.8 Å². The van der Waals surface area contributed by atoms with Crippen LogP contribution in [0.5, 0.6) is 0 Å². The van der Waals surface area contributed by atoms with Crippen molar-refractivity contribution in [1.82, 2.24) is 5.32 Å². The number of halogens is 1. The van der Waals surface area contributed by atoms with E-state index in [9.17, 15) is 4.79 Å². The second kappa shape index (κ2) is 6.50. The molecule has 0 aromatic heterocycles. The zero-order chi connectivity index (χ0) is 12.8. The highest BCUT2D eigenvalue weighted by Crippen LogP contribution is 2.17. The van der Waals surface area contributed by atoms with Crippen molar-refractivity contribution in [2.75, 3.05) is 0 Å². The van der Waals surface area contributed by atoms with Crippen LogP contribution < -0.4 is 5.32 Å². The van der Waals surface area contributed by atoms with Gasteiger partial charge in [0.2, 0.25) is 0 Å². The van der Waals surface area contributed by atoms with E-state index in [1.54, 1.807) is 0 Å². The molecule has 0 fully saturated rings. The van der Waals surface area contributed by atoms with Gasteiger partial charge in [-0.25, -0.2) is 4.79 Å². The number of nitrogens with one attached hydrogen (secondary N) is 1. The standard InChI is InChI=1S/C13H18ClNO2/c1-9(2)15-13(16)17-10(3)8-11-6-4-5-7-12(11)14/h4-7,9-10H,8H2,1-3H3,(H,15,16). The molecule has 0 saturated carbocycles. The number of carbonyl (C=O) groups excluding carboxylic acids is 1. The first-order valence-corrected chi connectivity index (χ1v) is 6.07. The first kappa shape index (κ1) is 13.8. The number of rotatable bonds is 4. The summed E-state index contributed by atoms with van der Waals surface area (Å²) in [4.78, 5) is 11.4. The summed E-state index contributed by atoms with van der Waals surface area (Å²) in [5.41, 5.74) is 0.985. The molecule has 0 heterocycles. The lowest BCUT2D eigenvalue weighted by Crippen LogP contribution is -2.33. The number of carbonyl (C=O) groups is 1. The quantitative estimate of drug-likeness (QED) is 0.896. The van der Waals surface area contributed by atoms with E-state index in [0.29, 0.717) is 11.4 Å². The van der Waals surface area contributed by atoms with Gasteiger partial charge in [-0.05, 0) is 32.4 Å². The van der Waals surface area contributed by atoms with E-state index in [1.165, 1.54) is 0 Å². The summed E-state index contributed by atoms with van der Waals surface area (Å²) in [6.07, 6.45) is 0.0266. The van der Waals surface area contributed by atoms with E-state index in [0.717, 1.165) is 5.56 Å². The van der Waals surface area contributed by atoms with Crippen molar-refractivity contribution in [1.29, 1.82) is 0 Å². The Bertz CT molecular complexity index is 379. The molecule has 1 aromatic carbocycles. The zero-order valence-electron chi connectivity index (χ0n) is 10.4. The second-order valence-corrected chi connectivity index (χ2v) is 4.72. The summed E-state index contributed by atoms with van der Waals surface area (Å²) >= 11 is 6.03. The number of hydrogen-bond donors (Lipinski definition) is 1. The Morgan fingerprint density at radius 2 is 2.00 bits per heavy atom. The third-order valence-corrected chi connectivity index (χ3v) is 2.55. The molecule has 1 aromatic rings. The minimum absolute atomic E-state index is 0.0787. The van der Waals surface area contributed by atoms with Crippen molar-refractivity contribution in [2.45, 2.75) is 39.3 Å². The molecule has 17 heavy (non-hydrogen) atoms. The molecule has 3 nitrogen and oxygen atoms in total. The molecule has 0 aliphatic carbocycles. The van der Waals surface area contributed by atoms with Gasteiger partial charge in [0.15, 0.2) is 0 Å². The highest BCUT2D eigenvalue weighted by Gasteiger charge is 2.12. The van der Waals surface area contributed by atoms with Crippen LogP contribution in [-0.4, -0.2) is 18.2 Å². The van der Waals surface area contributed by atoms with Crippen LogP contribution in [0.4, 0.5) is 4.79 Å². The van der Waals surface area contributed by atoms with Crippen molar-refractivity contribution >= 4 is 17.7 Å². The Morgan fingerprint density at radius 3 is 2.59 bits per heavy atom. The van der Waals surface area contributed by atoms with Gasteiger partial charge in [0, 0.05) is 17.5 Å². The number of amides is 1. The van der Waals surface area contributed by atoms with Crippen molar-refractivity contribution in [3.8, 4) is 0 Å². The topological polar surface area (TPSA) is 38.3 Å². The molecular weight excluding hydrogens is 238 g/mol. The van der Waals surface area contributed by atoms with Gasteiger partial charge < -0.3 is 10.1 Å². The molecule has 1 amide bonds. The summed E-state index contributed by atoms with van der Waals surface area (Å²) in [7, 11) is 0. The van der Waals surface area contributed by atoms with Gasteiger partial charge in [0.25, 0.3) is 0 Å². The Morgan fingerprint density at radius 1 is 1.35 bits per heavy atom. The second-order valence-electron chi connectivity index (χ2n) is 4.31. The summed E-state index contributed by atoms with van der Waals surface area (Å²) in [6, 6.07) is 7.64. The van der Waals surface area contributed by atoms with Gasteiger partial charge in [0.05, 0.1) is 0 Å². The molecule has 0 radical (unpaired) electrons. The highest BCUT2D eigenvalue weighted by molar-refractivity contribution is 6.31. The minimum Gasteiger partial charge on any atom is -0.446 e. The van der Waals surface area contributed by atoms with Crippen molar-refractivity contribution in [3.05, 3.63) is 34.9 Å². The summed E-state index contributed by atoms with van der Waals surface area (Å²) < 4.78 is 5.21. The minimum atomic E-state index is -0.389. The average molecular weight is 256 g/mol. The fraction of sp³-hybridized carbons (Fsp3) is 0.462. The first-order chi connectivity index (χ1) is 7.99. The van der Waals surface area contributed by atoms with Crippen molar-refractivity contribution in [3.63, 3.8) is 0 Å². The van der Waals surface area contributed by atoms with E-state index < -0.39 is 0 Å². The van der Waals surface area contributed by atoms with Gasteiger partial charge in [0.1, 0.15) is 6.10 Å². The lowest BCUT2D eigenvalue weighted by atomic mass is 10.1. The average Bonchev–Trinajstić information content (AvgIpc) is 2.19. The van der Waals surface area contributed by atoms with Gasteiger partial charge in [-0.15, -0.1) is 0 Å². The van der Waals surface area contributed by atoms with E-state index in [4.69, 9.17) is 16.3 Å². The van der Waals surface area contributed by atoms with Crippen LogP contribution in [0.1, 0.15) is 26.3 Å². The predicted octanol–water partition coefficient (Wildman–Crippen LogP) is 3.41. The Hall–Kier alpha value is -1.22. The Kier molecular flexibility index (Phi) is 5.29. The number of benzene rings is 1. The molecule has 4 heteroatoms. The first-order valence-electron chi connectivity index (χ1n) is 5.69. The Balaban J connectivity index is 2.47. The normalized spacial score (nSPS) is 12.3. The van der Waals surface area contributed by atoms with Crippen molar-refractivity contribution < 1.29 is 9.53 Å². The molecule has 0 aliphatic heterocycles. The van der Waals surface area contributed by atoms with Crippen LogP contribution in [-0.2, 0) is 11.2 Å². The molecule has 0 bridgehead atoms. The third kappa shape index (κ3) is 5.09. The van der Waals surface area contributed by atoms with Crippen molar-refractivity contribution in [2.24, 2.45) is 0 Å². The smallest absolute Gasteiger partial charge is 0.407 e. The van der Waals surface area contributed by atoms with E-state index in [1.807, 2.05) is 45.0 Å². The third-order valence-electron chi connectivity index (χ3n) is 2.18. The molecule has 0 saturated heterocycles. The molecule has 1 rings (SSSR count). The molecular formula is C13H18ClNO2. The van der Waals surface area contributed by atoms with Gasteiger partial charge in [-0.3, -0.25) is 0 Å². The highest BCUT2D eigenvalue weighted by atomic mass is 35.5. The summed E-state index contributed by atoms with van der Waals surface area (Å²) in [6.45, 7) is 5.63. The van der Waals surface area contributed by atoms with Crippen LogP contribution in [0.25, 0.3) is 0 Å². The molecule has 0 aliphatic rings. The molecule has 1 unspecified atom stereocenters. The Labute approximate surface area is 107 Å². The van der Waals surface area contributed by atoms with E-state index >= 15 is 0 Å². The van der Waals surface area contributed by atoms with Crippen LogP contribution >= 0.6 is 11.6 Å².